The lowest BCUT2D eigenvalue weighted by atomic mass is 9.78. The van der Waals surface area contributed by atoms with Gasteiger partial charge in [0.25, 0.3) is 0 Å². The predicted octanol–water partition coefficient (Wildman–Crippen LogP) is -0.491. The summed E-state index contributed by atoms with van der Waals surface area (Å²) < 4.78 is 34.8. The van der Waals surface area contributed by atoms with Gasteiger partial charge in [0.15, 0.2) is 0 Å². The van der Waals surface area contributed by atoms with Crippen molar-refractivity contribution in [3.05, 3.63) is 23.3 Å². The summed E-state index contributed by atoms with van der Waals surface area (Å²) in [6.45, 7) is 1.41. The third kappa shape index (κ3) is 3.06. The molecule has 0 aliphatic rings. The molecule has 0 amide bonds. The van der Waals surface area contributed by atoms with Gasteiger partial charge in [-0.1, -0.05) is 6.07 Å². The van der Waals surface area contributed by atoms with Crippen molar-refractivity contribution in [2.24, 2.45) is 0 Å². The number of hydrogen-bond acceptors (Lipinski definition) is 4. The van der Waals surface area contributed by atoms with Crippen molar-refractivity contribution in [3.8, 4) is 12.3 Å². The highest BCUT2D eigenvalue weighted by atomic mass is 32.3. The van der Waals surface area contributed by atoms with Crippen molar-refractivity contribution in [1.29, 1.82) is 0 Å². The van der Waals surface area contributed by atoms with Crippen LogP contribution in [0.25, 0.3) is 0 Å². The summed E-state index contributed by atoms with van der Waals surface area (Å²) in [5, 5.41) is 18.0. The first-order valence-corrected chi connectivity index (χ1v) is 6.03. The molecule has 0 bridgehead atoms. The topological polar surface area (TPSA) is 74.6 Å². The minimum absolute atomic E-state index is 0.0783. The molecule has 0 spiro atoms. The number of halogens is 1. The monoisotopic (exact) mass is 256 g/mol. The lowest BCUT2D eigenvalue weighted by Gasteiger charge is -2.10. The normalized spacial score (nSPS) is 11.0. The SMILES string of the molecule is C#CCc1cc(B(O)O)cc(S(=O)(=O)F)c1C. The molecule has 0 heterocycles. The van der Waals surface area contributed by atoms with Crippen molar-refractivity contribution >= 4 is 22.8 Å². The number of hydrogen-bond donors (Lipinski definition) is 2. The predicted molar refractivity (Wildman–Crippen MR) is 61.8 cm³/mol. The molecular formula is C10H10BFO4S. The molecule has 90 valence electrons. The fraction of sp³-hybridized carbons (Fsp3) is 0.200. The van der Waals surface area contributed by atoms with E-state index in [1.165, 1.54) is 13.0 Å². The summed E-state index contributed by atoms with van der Waals surface area (Å²) in [4.78, 5) is -0.589. The van der Waals surface area contributed by atoms with E-state index in [9.17, 15) is 12.3 Å². The maximum Gasteiger partial charge on any atom is 0.488 e. The largest absolute Gasteiger partial charge is 0.488 e. The van der Waals surface area contributed by atoms with Gasteiger partial charge in [0.1, 0.15) is 4.90 Å². The Hall–Kier alpha value is -1.36. The molecule has 0 saturated carbocycles. The molecule has 7 heteroatoms. The van der Waals surface area contributed by atoms with Crippen LogP contribution in [0.3, 0.4) is 0 Å². The van der Waals surface area contributed by atoms with Crippen LogP contribution in [0, 0.1) is 19.3 Å². The average Bonchev–Trinajstić information content (AvgIpc) is 2.19. The van der Waals surface area contributed by atoms with Gasteiger partial charge in [0, 0.05) is 6.42 Å². The molecule has 1 aromatic carbocycles. The Labute approximate surface area is 99.5 Å². The summed E-state index contributed by atoms with van der Waals surface area (Å²) >= 11 is 0. The second kappa shape index (κ2) is 4.88. The van der Waals surface area contributed by atoms with Crippen molar-refractivity contribution in [3.63, 3.8) is 0 Å². The molecule has 0 aliphatic heterocycles. The van der Waals surface area contributed by atoms with E-state index in [1.54, 1.807) is 0 Å². The molecule has 0 aromatic heterocycles. The van der Waals surface area contributed by atoms with E-state index in [1.807, 2.05) is 0 Å². The molecular weight excluding hydrogens is 246 g/mol. The minimum atomic E-state index is -4.92. The Bertz CT molecular complexity index is 575. The Morgan fingerprint density at radius 1 is 1.47 bits per heavy atom. The average molecular weight is 256 g/mol. The third-order valence-corrected chi connectivity index (χ3v) is 3.29. The van der Waals surface area contributed by atoms with Gasteiger partial charge in [-0.05, 0) is 29.6 Å². The fourth-order valence-corrected chi connectivity index (χ4v) is 2.24. The van der Waals surface area contributed by atoms with E-state index in [2.05, 4.69) is 5.92 Å². The van der Waals surface area contributed by atoms with Crippen LogP contribution in [0.1, 0.15) is 11.1 Å². The van der Waals surface area contributed by atoms with Gasteiger partial charge in [-0.15, -0.1) is 16.2 Å². The van der Waals surface area contributed by atoms with Crippen LogP contribution in [0.15, 0.2) is 17.0 Å². The molecule has 0 radical (unpaired) electrons. The molecule has 0 atom stereocenters. The van der Waals surface area contributed by atoms with Gasteiger partial charge in [-0.3, -0.25) is 0 Å². The van der Waals surface area contributed by atoms with Crippen LogP contribution >= 0.6 is 0 Å². The van der Waals surface area contributed by atoms with Crippen LogP contribution < -0.4 is 5.46 Å². The molecule has 0 aliphatic carbocycles. The van der Waals surface area contributed by atoms with E-state index < -0.39 is 22.2 Å². The van der Waals surface area contributed by atoms with Crippen molar-refractivity contribution in [1.82, 2.24) is 0 Å². The van der Waals surface area contributed by atoms with Gasteiger partial charge in [-0.2, -0.15) is 8.42 Å². The summed E-state index contributed by atoms with van der Waals surface area (Å²) in [6, 6.07) is 2.23. The maximum absolute atomic E-state index is 13.0. The zero-order chi connectivity index (χ0) is 13.2. The van der Waals surface area contributed by atoms with Crippen LogP contribution in [-0.2, 0) is 16.6 Å². The second-order valence-electron chi connectivity index (χ2n) is 3.50. The number of benzene rings is 1. The Kier molecular flexibility index (Phi) is 3.93. The first-order valence-electron chi connectivity index (χ1n) is 4.65. The summed E-state index contributed by atoms with van der Waals surface area (Å²) in [5.41, 5.74) is 0.432. The molecule has 17 heavy (non-hydrogen) atoms. The van der Waals surface area contributed by atoms with E-state index >= 15 is 0 Å². The zero-order valence-electron chi connectivity index (χ0n) is 9.01. The smallest absolute Gasteiger partial charge is 0.423 e. The van der Waals surface area contributed by atoms with E-state index in [-0.39, 0.29) is 17.4 Å². The summed E-state index contributed by atoms with van der Waals surface area (Å²) in [7, 11) is -6.80. The highest BCUT2D eigenvalue weighted by molar-refractivity contribution is 7.86. The van der Waals surface area contributed by atoms with Crippen LogP contribution in [-0.4, -0.2) is 25.6 Å². The van der Waals surface area contributed by atoms with Crippen molar-refractivity contribution in [2.75, 3.05) is 0 Å². The van der Waals surface area contributed by atoms with Crippen LogP contribution in [0.2, 0.25) is 0 Å². The van der Waals surface area contributed by atoms with E-state index in [0.717, 1.165) is 6.07 Å². The van der Waals surface area contributed by atoms with Gasteiger partial charge in [0.2, 0.25) is 0 Å². The van der Waals surface area contributed by atoms with Gasteiger partial charge >= 0.3 is 17.3 Å². The first kappa shape index (κ1) is 13.7. The van der Waals surface area contributed by atoms with E-state index in [0.29, 0.717) is 5.56 Å². The Morgan fingerprint density at radius 2 is 2.06 bits per heavy atom. The summed E-state index contributed by atoms with van der Waals surface area (Å²) in [6.07, 6.45) is 5.17. The first-order chi connectivity index (χ1) is 7.77. The molecule has 0 fully saturated rings. The zero-order valence-corrected chi connectivity index (χ0v) is 9.83. The fourth-order valence-electron chi connectivity index (χ4n) is 1.46. The molecule has 0 unspecified atom stereocenters. The lowest BCUT2D eigenvalue weighted by Crippen LogP contribution is -2.31. The van der Waals surface area contributed by atoms with Crippen molar-refractivity contribution < 1.29 is 22.4 Å². The minimum Gasteiger partial charge on any atom is -0.423 e. The number of rotatable bonds is 3. The Balaban J connectivity index is 3.56. The summed E-state index contributed by atoms with van der Waals surface area (Å²) in [5.74, 6) is 2.29. The van der Waals surface area contributed by atoms with Crippen molar-refractivity contribution in [2.45, 2.75) is 18.2 Å². The molecule has 1 aromatic rings. The quantitative estimate of drug-likeness (QED) is 0.434. The standard InChI is InChI=1S/C10H10BFO4S/c1-3-4-8-5-9(11(13)14)6-10(7(8)2)17(12,15)16/h1,5-6,13-14H,4H2,2H3. The molecule has 1 rings (SSSR count). The Morgan fingerprint density at radius 3 is 2.47 bits per heavy atom. The lowest BCUT2D eigenvalue weighted by molar-refractivity contribution is 0.425. The van der Waals surface area contributed by atoms with Gasteiger partial charge < -0.3 is 10.0 Å². The van der Waals surface area contributed by atoms with Gasteiger partial charge in [0.05, 0.1) is 0 Å². The van der Waals surface area contributed by atoms with E-state index in [4.69, 9.17) is 16.5 Å². The van der Waals surface area contributed by atoms with Crippen LogP contribution in [0.5, 0.6) is 0 Å². The highest BCUT2D eigenvalue weighted by Gasteiger charge is 2.22. The van der Waals surface area contributed by atoms with Crippen LogP contribution in [0.4, 0.5) is 3.89 Å². The maximum atomic E-state index is 13.0. The number of terminal acetylenes is 1. The molecule has 2 N–H and O–H groups in total. The highest BCUT2D eigenvalue weighted by Crippen LogP contribution is 2.20. The molecule has 0 saturated heterocycles. The molecule has 4 nitrogen and oxygen atoms in total. The second-order valence-corrected chi connectivity index (χ2v) is 4.81. The van der Waals surface area contributed by atoms with Gasteiger partial charge in [-0.25, -0.2) is 0 Å². The third-order valence-electron chi connectivity index (χ3n) is 2.34.